The van der Waals surface area contributed by atoms with Crippen molar-refractivity contribution in [3.8, 4) is 0 Å². The second-order valence-corrected chi connectivity index (χ2v) is 3.62. The van der Waals surface area contributed by atoms with E-state index in [4.69, 9.17) is 10.5 Å². The van der Waals surface area contributed by atoms with Gasteiger partial charge >= 0.3 is 0 Å². The Hall–Kier alpha value is -0.880. The fraction of sp³-hybridized carbons (Fsp3) is 0.714. The van der Waals surface area contributed by atoms with E-state index in [1.54, 1.807) is 0 Å². The van der Waals surface area contributed by atoms with E-state index in [-0.39, 0.29) is 0 Å². The highest BCUT2D eigenvalue weighted by Crippen LogP contribution is 2.18. The maximum atomic E-state index is 5.45. The molecular weight excluding hydrogens is 188 g/mol. The van der Waals surface area contributed by atoms with E-state index >= 15 is 0 Å². The lowest BCUT2D eigenvalue weighted by Crippen LogP contribution is -2.25. The molecule has 2 rings (SSSR count). The van der Waals surface area contributed by atoms with E-state index in [9.17, 15) is 0 Å². The molecular formula is C7H12N4OS. The molecule has 1 aliphatic rings. The summed E-state index contributed by atoms with van der Waals surface area (Å²) in [6.45, 7) is 3.47. The zero-order valence-corrected chi connectivity index (χ0v) is 8.09. The van der Waals surface area contributed by atoms with Crippen molar-refractivity contribution in [1.29, 1.82) is 0 Å². The van der Waals surface area contributed by atoms with Crippen LogP contribution in [-0.4, -0.2) is 35.7 Å². The molecule has 13 heavy (non-hydrogen) atoms. The first-order valence-electron chi connectivity index (χ1n) is 4.28. The number of hydrogen-bond acceptors (Lipinski definition) is 6. The minimum absolute atomic E-state index is 0.366. The molecule has 0 bridgehead atoms. The molecule has 0 aromatic carbocycles. The lowest BCUT2D eigenvalue weighted by Gasteiger charge is -2.16. The molecule has 0 atom stereocenters. The molecule has 1 fully saturated rings. The number of aromatic nitrogens is 2. The summed E-state index contributed by atoms with van der Waals surface area (Å²) < 4.78 is 9.28. The maximum absolute atomic E-state index is 5.45. The second kappa shape index (κ2) is 3.89. The van der Waals surface area contributed by atoms with Crippen molar-refractivity contribution in [1.82, 2.24) is 9.36 Å². The summed E-state index contributed by atoms with van der Waals surface area (Å²) >= 11 is 1.35. The first-order valence-corrected chi connectivity index (χ1v) is 5.05. The van der Waals surface area contributed by atoms with Crippen molar-refractivity contribution in [2.24, 2.45) is 0 Å². The third-order valence-electron chi connectivity index (χ3n) is 1.92. The van der Waals surface area contributed by atoms with Gasteiger partial charge in [0, 0.05) is 31.2 Å². The highest BCUT2D eigenvalue weighted by molar-refractivity contribution is 7.09. The Morgan fingerprint density at radius 1 is 1.38 bits per heavy atom. The Kier molecular flexibility index (Phi) is 2.60. The van der Waals surface area contributed by atoms with Gasteiger partial charge in [-0.15, -0.1) is 0 Å². The van der Waals surface area contributed by atoms with Gasteiger partial charge in [-0.2, -0.15) is 9.36 Å². The van der Waals surface area contributed by atoms with E-state index in [0.717, 1.165) is 37.9 Å². The number of anilines is 2. The fourth-order valence-electron chi connectivity index (χ4n) is 1.29. The van der Waals surface area contributed by atoms with Crippen molar-refractivity contribution in [2.45, 2.75) is 6.42 Å². The van der Waals surface area contributed by atoms with Crippen molar-refractivity contribution < 1.29 is 4.74 Å². The summed E-state index contributed by atoms with van der Waals surface area (Å²) in [5.74, 6) is 0.366. The molecule has 5 nitrogen and oxygen atoms in total. The molecule has 0 unspecified atom stereocenters. The van der Waals surface area contributed by atoms with Crippen LogP contribution in [0.3, 0.4) is 0 Å². The van der Waals surface area contributed by atoms with Crippen LogP contribution < -0.4 is 10.6 Å². The van der Waals surface area contributed by atoms with E-state index in [0.29, 0.717) is 5.95 Å². The zero-order chi connectivity index (χ0) is 9.10. The first kappa shape index (κ1) is 8.71. The molecule has 1 aromatic rings. The lowest BCUT2D eigenvalue weighted by atomic mass is 10.4. The van der Waals surface area contributed by atoms with Crippen molar-refractivity contribution in [2.75, 3.05) is 36.9 Å². The summed E-state index contributed by atoms with van der Waals surface area (Å²) in [5, 5.41) is 0.906. The van der Waals surface area contributed by atoms with E-state index in [2.05, 4.69) is 14.3 Å². The highest BCUT2D eigenvalue weighted by Gasteiger charge is 2.13. The SMILES string of the molecule is Nc1nsc(N2CCCOCC2)n1. The normalized spacial score (nSPS) is 18.6. The van der Waals surface area contributed by atoms with Gasteiger partial charge in [-0.05, 0) is 6.42 Å². The molecule has 0 amide bonds. The van der Waals surface area contributed by atoms with E-state index in [1.165, 1.54) is 11.5 Å². The Morgan fingerprint density at radius 2 is 2.31 bits per heavy atom. The van der Waals surface area contributed by atoms with Crippen LogP contribution in [0, 0.1) is 0 Å². The molecule has 72 valence electrons. The van der Waals surface area contributed by atoms with Crippen molar-refractivity contribution in [3.63, 3.8) is 0 Å². The van der Waals surface area contributed by atoms with Crippen LogP contribution >= 0.6 is 11.5 Å². The minimum atomic E-state index is 0.366. The lowest BCUT2D eigenvalue weighted by molar-refractivity contribution is 0.152. The third-order valence-corrected chi connectivity index (χ3v) is 2.71. The van der Waals surface area contributed by atoms with Gasteiger partial charge in [0.05, 0.1) is 6.61 Å². The van der Waals surface area contributed by atoms with Crippen molar-refractivity contribution >= 4 is 22.6 Å². The molecule has 0 spiro atoms. The molecule has 1 aromatic heterocycles. The Balaban J connectivity index is 2.06. The average Bonchev–Trinajstić information content (AvgIpc) is 2.43. The molecule has 6 heteroatoms. The Bertz CT molecular complexity index is 269. The molecule has 1 saturated heterocycles. The minimum Gasteiger partial charge on any atom is -0.380 e. The first-order chi connectivity index (χ1) is 6.36. The quantitative estimate of drug-likeness (QED) is 0.708. The smallest absolute Gasteiger partial charge is 0.233 e. The van der Waals surface area contributed by atoms with Crippen LogP contribution in [0.2, 0.25) is 0 Å². The van der Waals surface area contributed by atoms with Crippen LogP contribution in [0.1, 0.15) is 6.42 Å². The van der Waals surface area contributed by atoms with Gasteiger partial charge in [-0.1, -0.05) is 0 Å². The monoisotopic (exact) mass is 200 g/mol. The van der Waals surface area contributed by atoms with Gasteiger partial charge in [0.15, 0.2) is 0 Å². The maximum Gasteiger partial charge on any atom is 0.233 e. The molecule has 0 radical (unpaired) electrons. The Morgan fingerprint density at radius 3 is 3.08 bits per heavy atom. The van der Waals surface area contributed by atoms with Crippen LogP contribution in [0.15, 0.2) is 0 Å². The zero-order valence-electron chi connectivity index (χ0n) is 7.27. The number of ether oxygens (including phenoxy) is 1. The topological polar surface area (TPSA) is 64.3 Å². The second-order valence-electron chi connectivity index (χ2n) is 2.89. The Labute approximate surface area is 80.7 Å². The van der Waals surface area contributed by atoms with Crippen LogP contribution in [-0.2, 0) is 4.74 Å². The van der Waals surface area contributed by atoms with Crippen LogP contribution in [0.5, 0.6) is 0 Å². The fourth-order valence-corrected chi connectivity index (χ4v) is 1.94. The molecule has 1 aliphatic heterocycles. The summed E-state index contributed by atoms with van der Waals surface area (Å²) in [6, 6.07) is 0. The van der Waals surface area contributed by atoms with Gasteiger partial charge in [0.2, 0.25) is 11.1 Å². The standard InChI is InChI=1S/C7H12N4OS/c8-6-9-7(13-10-6)11-2-1-4-12-5-3-11/h1-5H2,(H2,8,10). The summed E-state index contributed by atoms with van der Waals surface area (Å²) in [5.41, 5.74) is 5.45. The van der Waals surface area contributed by atoms with Crippen LogP contribution in [0.25, 0.3) is 0 Å². The number of hydrogen-bond donors (Lipinski definition) is 1. The highest BCUT2D eigenvalue weighted by atomic mass is 32.1. The summed E-state index contributed by atoms with van der Waals surface area (Å²) in [6.07, 6.45) is 1.04. The number of nitrogen functional groups attached to an aromatic ring is 1. The predicted octanol–water partition coefficient (Wildman–Crippen LogP) is 0.347. The molecule has 0 aliphatic carbocycles. The van der Waals surface area contributed by atoms with E-state index in [1.807, 2.05) is 0 Å². The van der Waals surface area contributed by atoms with Crippen LogP contribution in [0.4, 0.5) is 11.1 Å². The molecule has 2 heterocycles. The number of nitrogens with zero attached hydrogens (tertiary/aromatic N) is 3. The van der Waals surface area contributed by atoms with Gasteiger partial charge in [0.25, 0.3) is 0 Å². The van der Waals surface area contributed by atoms with Gasteiger partial charge < -0.3 is 15.4 Å². The van der Waals surface area contributed by atoms with E-state index < -0.39 is 0 Å². The molecule has 0 saturated carbocycles. The third kappa shape index (κ3) is 2.07. The summed E-state index contributed by atoms with van der Waals surface area (Å²) in [7, 11) is 0. The predicted molar refractivity (Wildman–Crippen MR) is 52.0 cm³/mol. The van der Waals surface area contributed by atoms with Gasteiger partial charge in [-0.3, -0.25) is 0 Å². The molecule has 2 N–H and O–H groups in total. The van der Waals surface area contributed by atoms with Gasteiger partial charge in [0.1, 0.15) is 0 Å². The largest absolute Gasteiger partial charge is 0.380 e. The number of nitrogens with two attached hydrogens (primary N) is 1. The van der Waals surface area contributed by atoms with Gasteiger partial charge in [-0.25, -0.2) is 0 Å². The van der Waals surface area contributed by atoms with Crippen molar-refractivity contribution in [3.05, 3.63) is 0 Å². The average molecular weight is 200 g/mol. The summed E-state index contributed by atoms with van der Waals surface area (Å²) in [4.78, 5) is 6.30. The number of rotatable bonds is 1.